The number of hydrogen-bond acceptors (Lipinski definition) is 2. The molecule has 0 saturated carbocycles. The predicted molar refractivity (Wildman–Crippen MR) is 47.4 cm³/mol. The molecule has 0 rings (SSSR count). The van der Waals surface area contributed by atoms with Crippen LogP contribution in [0.15, 0.2) is 25.3 Å². The van der Waals surface area contributed by atoms with E-state index in [2.05, 4.69) is 13.2 Å². The van der Waals surface area contributed by atoms with Gasteiger partial charge >= 0.3 is 0 Å². The van der Waals surface area contributed by atoms with Gasteiger partial charge in [-0.15, -0.1) is 13.2 Å². The van der Waals surface area contributed by atoms with Gasteiger partial charge in [0.15, 0.2) is 0 Å². The maximum absolute atomic E-state index is 11.0. The van der Waals surface area contributed by atoms with Crippen LogP contribution in [0.2, 0.25) is 0 Å². The Morgan fingerprint density at radius 1 is 1.17 bits per heavy atom. The first-order valence-electron chi connectivity index (χ1n) is 3.60. The van der Waals surface area contributed by atoms with E-state index in [0.717, 1.165) is 4.90 Å². The third-order valence-electron chi connectivity index (χ3n) is 1.46. The molecule has 0 aromatic rings. The largest absolute Gasteiger partial charge is 0.275 e. The molecule has 0 saturated heterocycles. The molecule has 0 spiro atoms. The molecule has 3 heteroatoms. The molecule has 0 atom stereocenters. The van der Waals surface area contributed by atoms with Crippen LogP contribution in [0.1, 0.15) is 13.8 Å². The number of carbonyl (C=O) groups excluding carboxylic acids is 2. The Labute approximate surface area is 72.4 Å². The van der Waals surface area contributed by atoms with Crippen LogP contribution in [0.4, 0.5) is 0 Å². The van der Waals surface area contributed by atoms with Gasteiger partial charge in [0.05, 0.1) is 6.04 Å². The number of nitrogens with zero attached hydrogens (tertiary/aromatic N) is 1. The smallest absolute Gasteiger partial charge is 0.226 e. The molecule has 0 unspecified atom stereocenters. The number of carbonyl (C=O) groups is 2. The van der Waals surface area contributed by atoms with Crippen molar-refractivity contribution < 1.29 is 9.59 Å². The molecular formula is C9H13NO2. The minimum absolute atomic E-state index is 0.299. The van der Waals surface area contributed by atoms with Crippen molar-refractivity contribution >= 4 is 11.8 Å². The summed E-state index contributed by atoms with van der Waals surface area (Å²) in [5.74, 6) is -0.598. The second-order valence-electron chi connectivity index (χ2n) is 2.37. The summed E-state index contributed by atoms with van der Waals surface area (Å²) in [5, 5.41) is 0. The summed E-state index contributed by atoms with van der Waals surface area (Å²) in [6.07, 6.45) is 2.99. The lowest BCUT2D eigenvalue weighted by Crippen LogP contribution is -2.39. The minimum Gasteiger partial charge on any atom is -0.275 e. The topological polar surface area (TPSA) is 37.4 Å². The molecule has 0 aromatic carbocycles. The summed E-state index contributed by atoms with van der Waals surface area (Å²) in [6, 6.07) is -0.403. The standard InChI is InChI=1S/C9H13NO2/c1-5-9(6-2)10(7(3)11)8(4)12/h5-6,9H,1-2H2,3-4H3. The molecule has 66 valence electrons. The molecule has 0 bridgehead atoms. The van der Waals surface area contributed by atoms with Crippen molar-refractivity contribution in [2.45, 2.75) is 19.9 Å². The molecular weight excluding hydrogens is 154 g/mol. The second kappa shape index (κ2) is 4.49. The summed E-state index contributed by atoms with van der Waals surface area (Å²) in [6.45, 7) is 9.67. The van der Waals surface area contributed by atoms with Gasteiger partial charge in [-0.1, -0.05) is 12.2 Å². The Hall–Kier alpha value is -1.38. The number of imide groups is 1. The third-order valence-corrected chi connectivity index (χ3v) is 1.46. The molecule has 2 amide bonds. The van der Waals surface area contributed by atoms with Gasteiger partial charge in [-0.05, 0) is 0 Å². The molecule has 0 aliphatic heterocycles. The predicted octanol–water partition coefficient (Wildman–Crippen LogP) is 1.12. The molecule has 0 aromatic heterocycles. The summed E-state index contributed by atoms with van der Waals surface area (Å²) in [7, 11) is 0. The average Bonchev–Trinajstić information content (AvgIpc) is 1.98. The van der Waals surface area contributed by atoms with Gasteiger partial charge in [0, 0.05) is 13.8 Å². The third kappa shape index (κ3) is 2.34. The first-order valence-corrected chi connectivity index (χ1v) is 3.60. The Morgan fingerprint density at radius 2 is 1.50 bits per heavy atom. The Bertz CT molecular complexity index is 199. The van der Waals surface area contributed by atoms with Crippen molar-refractivity contribution in [2.75, 3.05) is 0 Å². The van der Waals surface area contributed by atoms with Crippen LogP contribution < -0.4 is 0 Å². The normalized spacial score (nSPS) is 9.25. The van der Waals surface area contributed by atoms with Crippen LogP contribution in [-0.2, 0) is 9.59 Å². The van der Waals surface area contributed by atoms with E-state index in [-0.39, 0.29) is 11.8 Å². The van der Waals surface area contributed by atoms with E-state index in [1.54, 1.807) is 0 Å². The van der Waals surface area contributed by atoms with Crippen LogP contribution in [0, 0.1) is 0 Å². The highest BCUT2D eigenvalue weighted by molar-refractivity contribution is 5.93. The molecule has 12 heavy (non-hydrogen) atoms. The van der Waals surface area contributed by atoms with Gasteiger partial charge in [0.25, 0.3) is 0 Å². The highest BCUT2D eigenvalue weighted by Gasteiger charge is 2.18. The quantitative estimate of drug-likeness (QED) is 0.591. The monoisotopic (exact) mass is 167 g/mol. The number of amides is 2. The zero-order chi connectivity index (χ0) is 9.72. The molecule has 0 N–H and O–H groups in total. The van der Waals surface area contributed by atoms with Gasteiger partial charge in [0.2, 0.25) is 11.8 Å². The van der Waals surface area contributed by atoms with Crippen molar-refractivity contribution in [1.82, 2.24) is 4.90 Å². The summed E-state index contributed by atoms with van der Waals surface area (Å²) >= 11 is 0. The van der Waals surface area contributed by atoms with E-state index in [4.69, 9.17) is 0 Å². The molecule has 0 heterocycles. The Balaban J connectivity index is 4.70. The van der Waals surface area contributed by atoms with Gasteiger partial charge in [-0.3, -0.25) is 14.5 Å². The van der Waals surface area contributed by atoms with E-state index < -0.39 is 6.04 Å². The molecule has 3 nitrogen and oxygen atoms in total. The SMILES string of the molecule is C=CC(C=C)N(C(C)=O)C(C)=O. The molecule has 0 aliphatic rings. The van der Waals surface area contributed by atoms with Gasteiger partial charge in [0.1, 0.15) is 0 Å². The lowest BCUT2D eigenvalue weighted by atomic mass is 10.2. The molecule has 0 aliphatic carbocycles. The van der Waals surface area contributed by atoms with Gasteiger partial charge in [-0.2, -0.15) is 0 Å². The molecule has 0 radical (unpaired) electrons. The van der Waals surface area contributed by atoms with E-state index in [1.165, 1.54) is 26.0 Å². The summed E-state index contributed by atoms with van der Waals surface area (Å²) in [4.78, 5) is 23.0. The van der Waals surface area contributed by atoms with Crippen molar-refractivity contribution in [2.24, 2.45) is 0 Å². The van der Waals surface area contributed by atoms with Gasteiger partial charge in [-0.25, -0.2) is 0 Å². The van der Waals surface area contributed by atoms with E-state index in [0.29, 0.717) is 0 Å². The molecule has 0 fully saturated rings. The van der Waals surface area contributed by atoms with E-state index in [9.17, 15) is 9.59 Å². The number of hydrogen-bond donors (Lipinski definition) is 0. The number of rotatable bonds is 3. The lowest BCUT2D eigenvalue weighted by Gasteiger charge is -2.22. The first-order chi connectivity index (χ1) is 5.54. The average molecular weight is 167 g/mol. The minimum atomic E-state index is -0.403. The van der Waals surface area contributed by atoms with Crippen molar-refractivity contribution in [1.29, 1.82) is 0 Å². The van der Waals surface area contributed by atoms with Crippen LogP contribution in [-0.4, -0.2) is 22.8 Å². The van der Waals surface area contributed by atoms with Crippen LogP contribution >= 0.6 is 0 Å². The van der Waals surface area contributed by atoms with Crippen molar-refractivity contribution in [3.63, 3.8) is 0 Å². The Kier molecular flexibility index (Phi) is 3.97. The highest BCUT2D eigenvalue weighted by Crippen LogP contribution is 2.02. The van der Waals surface area contributed by atoms with Crippen LogP contribution in [0.25, 0.3) is 0 Å². The first kappa shape index (κ1) is 10.6. The second-order valence-corrected chi connectivity index (χ2v) is 2.37. The highest BCUT2D eigenvalue weighted by atomic mass is 16.2. The Morgan fingerprint density at radius 3 is 1.58 bits per heavy atom. The summed E-state index contributed by atoms with van der Waals surface area (Å²) < 4.78 is 0. The maximum atomic E-state index is 11.0. The van der Waals surface area contributed by atoms with Crippen LogP contribution in [0.3, 0.4) is 0 Å². The van der Waals surface area contributed by atoms with Gasteiger partial charge < -0.3 is 0 Å². The van der Waals surface area contributed by atoms with Crippen LogP contribution in [0.5, 0.6) is 0 Å². The fourth-order valence-corrected chi connectivity index (χ4v) is 0.949. The lowest BCUT2D eigenvalue weighted by molar-refractivity contribution is -0.142. The fourth-order valence-electron chi connectivity index (χ4n) is 0.949. The van der Waals surface area contributed by atoms with Crippen molar-refractivity contribution in [3.8, 4) is 0 Å². The maximum Gasteiger partial charge on any atom is 0.226 e. The van der Waals surface area contributed by atoms with E-state index >= 15 is 0 Å². The van der Waals surface area contributed by atoms with Crippen molar-refractivity contribution in [3.05, 3.63) is 25.3 Å². The fraction of sp³-hybridized carbons (Fsp3) is 0.333. The zero-order valence-corrected chi connectivity index (χ0v) is 7.41. The zero-order valence-electron chi connectivity index (χ0n) is 7.41. The van der Waals surface area contributed by atoms with E-state index in [1.807, 2.05) is 0 Å². The summed E-state index contributed by atoms with van der Waals surface area (Å²) in [5.41, 5.74) is 0.